The van der Waals surface area contributed by atoms with Gasteiger partial charge in [0.1, 0.15) is 5.82 Å². The molecule has 8 heteroatoms. The maximum Gasteiger partial charge on any atom is 0.307 e. The first-order valence-corrected chi connectivity index (χ1v) is 15.1. The van der Waals surface area contributed by atoms with Crippen LogP contribution in [0.15, 0.2) is 30.5 Å². The first-order chi connectivity index (χ1) is 19.7. The van der Waals surface area contributed by atoms with Crippen LogP contribution in [0.5, 0.6) is 0 Å². The highest BCUT2D eigenvalue weighted by Crippen LogP contribution is 2.42. The molecule has 2 fully saturated rings. The van der Waals surface area contributed by atoms with Gasteiger partial charge in [-0.1, -0.05) is 32.0 Å². The van der Waals surface area contributed by atoms with Crippen molar-refractivity contribution in [3.8, 4) is 11.1 Å². The lowest BCUT2D eigenvalue weighted by molar-refractivity contribution is -0.136. The van der Waals surface area contributed by atoms with Gasteiger partial charge in [-0.25, -0.2) is 4.98 Å². The van der Waals surface area contributed by atoms with Crippen LogP contribution in [0.25, 0.3) is 11.1 Å². The second kappa shape index (κ2) is 11.0. The fourth-order valence-electron chi connectivity index (χ4n) is 6.75. The zero-order valence-corrected chi connectivity index (χ0v) is 24.9. The number of nitrogens with zero attached hydrogens (tertiary/aromatic N) is 6. The van der Waals surface area contributed by atoms with E-state index in [0.717, 1.165) is 104 Å². The molecule has 1 aromatic carbocycles. The van der Waals surface area contributed by atoms with Crippen LogP contribution in [0.4, 0.5) is 17.5 Å². The topological polar surface area (TPSA) is 85.7 Å². The number of hydrogen-bond donors (Lipinski definition) is 1. The second-order valence-corrected chi connectivity index (χ2v) is 12.8. The molecule has 8 nitrogen and oxygen atoms in total. The molecule has 41 heavy (non-hydrogen) atoms. The molecular weight excluding hydrogens is 512 g/mol. The fraction of sp³-hybridized carbons (Fsp3) is 0.515. The van der Waals surface area contributed by atoms with Gasteiger partial charge in [0.2, 0.25) is 5.95 Å². The van der Waals surface area contributed by atoms with Crippen molar-refractivity contribution in [1.82, 2.24) is 15.0 Å². The van der Waals surface area contributed by atoms with E-state index in [1.165, 1.54) is 24.0 Å². The highest BCUT2D eigenvalue weighted by molar-refractivity contribution is 5.86. The molecular formula is C33H42N6O2. The van der Waals surface area contributed by atoms with E-state index in [1.54, 1.807) is 0 Å². The second-order valence-electron chi connectivity index (χ2n) is 12.8. The maximum absolute atomic E-state index is 12.0. The molecule has 2 aromatic heterocycles. The molecule has 0 spiro atoms. The van der Waals surface area contributed by atoms with Crippen molar-refractivity contribution in [2.75, 3.05) is 47.4 Å². The van der Waals surface area contributed by atoms with Crippen molar-refractivity contribution in [3.05, 3.63) is 58.5 Å². The van der Waals surface area contributed by atoms with Gasteiger partial charge in [-0.2, -0.15) is 4.98 Å². The third-order valence-electron chi connectivity index (χ3n) is 9.27. The molecule has 0 radical (unpaired) electrons. The molecule has 0 aliphatic carbocycles. The normalized spacial score (nSPS) is 18.5. The van der Waals surface area contributed by atoms with Gasteiger partial charge in [-0.3, -0.25) is 9.78 Å². The van der Waals surface area contributed by atoms with E-state index < -0.39 is 5.97 Å². The van der Waals surface area contributed by atoms with Crippen LogP contribution < -0.4 is 14.7 Å². The summed E-state index contributed by atoms with van der Waals surface area (Å²) in [5, 5.41) is 9.82. The van der Waals surface area contributed by atoms with E-state index in [1.807, 2.05) is 19.2 Å². The van der Waals surface area contributed by atoms with Crippen LogP contribution in [-0.4, -0.2) is 58.8 Å². The number of carbonyl (C=O) groups is 1. The van der Waals surface area contributed by atoms with Crippen molar-refractivity contribution in [2.45, 2.75) is 72.8 Å². The average Bonchev–Trinajstić information content (AvgIpc) is 3.49. The van der Waals surface area contributed by atoms with Crippen LogP contribution in [0.3, 0.4) is 0 Å². The molecule has 5 heterocycles. The van der Waals surface area contributed by atoms with Crippen molar-refractivity contribution < 1.29 is 9.90 Å². The van der Waals surface area contributed by atoms with E-state index >= 15 is 0 Å². The Balaban J connectivity index is 1.33. The average molecular weight is 555 g/mol. The summed E-state index contributed by atoms with van der Waals surface area (Å²) in [4.78, 5) is 33.4. The Morgan fingerprint density at radius 2 is 1.66 bits per heavy atom. The number of anilines is 3. The number of rotatable bonds is 6. The molecule has 0 saturated carbocycles. The van der Waals surface area contributed by atoms with Crippen LogP contribution in [0, 0.1) is 19.3 Å². The lowest BCUT2D eigenvalue weighted by Crippen LogP contribution is -2.38. The third kappa shape index (κ3) is 5.61. The quantitative estimate of drug-likeness (QED) is 0.423. The minimum atomic E-state index is -0.813. The van der Waals surface area contributed by atoms with E-state index in [9.17, 15) is 9.90 Å². The molecule has 0 amide bonds. The molecule has 0 atom stereocenters. The summed E-state index contributed by atoms with van der Waals surface area (Å²) < 4.78 is 0. The summed E-state index contributed by atoms with van der Waals surface area (Å²) in [6.45, 7) is 14.3. The number of carboxylic acids is 1. The first-order valence-electron chi connectivity index (χ1n) is 15.1. The number of benzene rings is 1. The van der Waals surface area contributed by atoms with Crippen molar-refractivity contribution in [3.63, 3.8) is 0 Å². The summed E-state index contributed by atoms with van der Waals surface area (Å²) in [7, 11) is 0. The van der Waals surface area contributed by atoms with Gasteiger partial charge in [0.15, 0.2) is 0 Å². The smallest absolute Gasteiger partial charge is 0.307 e. The van der Waals surface area contributed by atoms with Gasteiger partial charge >= 0.3 is 5.97 Å². The molecule has 2 saturated heterocycles. The zero-order valence-electron chi connectivity index (χ0n) is 24.9. The Morgan fingerprint density at radius 1 is 0.902 bits per heavy atom. The summed E-state index contributed by atoms with van der Waals surface area (Å²) in [5.74, 6) is 1.02. The Labute approximate surface area is 243 Å². The highest BCUT2D eigenvalue weighted by Gasteiger charge is 2.31. The summed E-state index contributed by atoms with van der Waals surface area (Å²) in [6, 6.07) is 8.80. The van der Waals surface area contributed by atoms with Gasteiger partial charge in [-0.15, -0.1) is 0 Å². The highest BCUT2D eigenvalue weighted by atomic mass is 16.4. The third-order valence-corrected chi connectivity index (χ3v) is 9.27. The molecule has 3 aliphatic rings. The number of aryl methyl sites for hydroxylation is 2. The van der Waals surface area contributed by atoms with E-state index in [-0.39, 0.29) is 6.42 Å². The first kappa shape index (κ1) is 27.5. The minimum Gasteiger partial charge on any atom is -0.481 e. The summed E-state index contributed by atoms with van der Waals surface area (Å²) in [6.07, 6.45) is 7.39. The van der Waals surface area contributed by atoms with Crippen molar-refractivity contribution in [2.24, 2.45) is 5.41 Å². The number of fused-ring (bicyclic) bond motifs is 1. The van der Waals surface area contributed by atoms with E-state index in [2.05, 4.69) is 58.7 Å². The monoisotopic (exact) mass is 554 g/mol. The number of hydrogen-bond acceptors (Lipinski definition) is 7. The number of pyridine rings is 1. The standard InChI is InChI=1S/C33H42N6O2/c1-22-27(20-29(40)41)31(37-17-11-33(3,4)12-18-37)30(23(2)35-22)25-7-8-26-21-39(16-10-24(26)19-25)28-9-13-34-32(36-28)38-14-5-6-15-38/h7-9,13,19H,5-6,10-12,14-18,20-21H2,1-4H3,(H,40,41). The predicted molar refractivity (Wildman–Crippen MR) is 164 cm³/mol. The van der Waals surface area contributed by atoms with Gasteiger partial charge in [0.05, 0.1) is 12.1 Å². The Hall–Kier alpha value is -3.68. The van der Waals surface area contributed by atoms with Gasteiger partial charge in [0, 0.05) is 68.0 Å². The van der Waals surface area contributed by atoms with Crippen LogP contribution >= 0.6 is 0 Å². The molecule has 6 rings (SSSR count). The number of carboxylic acid groups (broad SMARTS) is 1. The van der Waals surface area contributed by atoms with Crippen molar-refractivity contribution in [1.29, 1.82) is 0 Å². The number of aliphatic carboxylic acids is 1. The zero-order chi connectivity index (χ0) is 28.7. The summed E-state index contributed by atoms with van der Waals surface area (Å²) in [5.41, 5.74) is 8.88. The van der Waals surface area contributed by atoms with Gasteiger partial charge < -0.3 is 19.8 Å². The Bertz CT molecular complexity index is 1450. The largest absolute Gasteiger partial charge is 0.481 e. The number of piperidine rings is 1. The molecule has 216 valence electrons. The Kier molecular flexibility index (Phi) is 7.34. The van der Waals surface area contributed by atoms with E-state index in [0.29, 0.717) is 5.41 Å². The molecule has 0 unspecified atom stereocenters. The predicted octanol–water partition coefficient (Wildman–Crippen LogP) is 5.57. The van der Waals surface area contributed by atoms with Crippen molar-refractivity contribution >= 4 is 23.4 Å². The number of aromatic nitrogens is 3. The molecule has 3 aromatic rings. The SMILES string of the molecule is Cc1nc(C)c(-c2ccc3c(c2)CCN(c2ccnc(N4CCCC4)n2)C3)c(N2CCC(C)(C)CC2)c1CC(=O)O. The molecule has 0 bridgehead atoms. The van der Waals surface area contributed by atoms with Crippen LogP contribution in [-0.2, 0) is 24.2 Å². The lowest BCUT2D eigenvalue weighted by atomic mass is 9.82. The van der Waals surface area contributed by atoms with Gasteiger partial charge in [0.25, 0.3) is 0 Å². The molecule has 3 aliphatic heterocycles. The van der Waals surface area contributed by atoms with E-state index in [4.69, 9.17) is 9.97 Å². The summed E-state index contributed by atoms with van der Waals surface area (Å²) >= 11 is 0. The fourth-order valence-corrected chi connectivity index (χ4v) is 6.75. The van der Waals surface area contributed by atoms with Gasteiger partial charge in [-0.05, 0) is 74.1 Å². The minimum absolute atomic E-state index is 0.0143. The molecule has 1 N–H and O–H groups in total. The lowest BCUT2D eigenvalue weighted by Gasteiger charge is -2.40. The maximum atomic E-state index is 12.0. The van der Waals surface area contributed by atoms with Crippen LogP contribution in [0.1, 0.15) is 67.6 Å². The van der Waals surface area contributed by atoms with Crippen LogP contribution in [0.2, 0.25) is 0 Å². The Morgan fingerprint density at radius 3 is 2.39 bits per heavy atom.